The third kappa shape index (κ3) is 4.58. The second-order valence-electron chi connectivity index (χ2n) is 1.45. The van der Waals surface area contributed by atoms with E-state index < -0.39 is 5.91 Å². The van der Waals surface area contributed by atoms with E-state index in [4.69, 9.17) is 5.73 Å². The summed E-state index contributed by atoms with van der Waals surface area (Å²) in [4.78, 5) is 20.4. The van der Waals surface area contributed by atoms with Crippen LogP contribution in [0.3, 0.4) is 0 Å². The molecule has 0 aliphatic rings. The molecule has 0 aromatic heterocycles. The molecule has 0 saturated heterocycles. The zero-order valence-electron chi connectivity index (χ0n) is 5.33. The Balaban J connectivity index is 3.63. The summed E-state index contributed by atoms with van der Waals surface area (Å²) in [5.74, 6) is -0.984. The van der Waals surface area contributed by atoms with Gasteiger partial charge in [-0.15, -0.1) is 0 Å². The Kier molecular flexibility index (Phi) is 3.63. The minimum absolute atomic E-state index is 0.377. The highest BCUT2D eigenvalue weighted by atomic mass is 16.2. The zero-order valence-corrected chi connectivity index (χ0v) is 5.33. The lowest BCUT2D eigenvalue weighted by atomic mass is 10.5. The molecule has 0 aromatic carbocycles. The molecular weight excluding hydrogens is 132 g/mol. The van der Waals surface area contributed by atoms with Crippen molar-refractivity contribution in [3.8, 4) is 0 Å². The van der Waals surface area contributed by atoms with Crippen molar-refractivity contribution in [3.05, 3.63) is 24.9 Å². The second-order valence-corrected chi connectivity index (χ2v) is 1.45. The van der Waals surface area contributed by atoms with Gasteiger partial charge in [0, 0.05) is 12.3 Å². The third-order valence-electron chi connectivity index (χ3n) is 0.659. The molecule has 0 fully saturated rings. The van der Waals surface area contributed by atoms with E-state index >= 15 is 0 Å². The number of rotatable bonds is 3. The molecule has 0 radical (unpaired) electrons. The minimum Gasteiger partial charge on any atom is -0.366 e. The first-order valence-electron chi connectivity index (χ1n) is 2.55. The van der Waals surface area contributed by atoms with E-state index in [1.165, 1.54) is 0 Å². The maximum absolute atomic E-state index is 10.4. The summed E-state index contributed by atoms with van der Waals surface area (Å²) in [5, 5.41) is 2.23. The second kappa shape index (κ2) is 4.31. The van der Waals surface area contributed by atoms with Gasteiger partial charge in [-0.05, 0) is 6.08 Å². The molecule has 0 atom stereocenters. The summed E-state index contributed by atoms with van der Waals surface area (Å²) in [5.41, 5.74) is 4.72. The van der Waals surface area contributed by atoms with Crippen LogP contribution in [0.5, 0.6) is 0 Å². The van der Waals surface area contributed by atoms with E-state index in [9.17, 15) is 9.59 Å². The Morgan fingerprint density at radius 1 is 1.50 bits per heavy atom. The summed E-state index contributed by atoms with van der Waals surface area (Å²) in [7, 11) is 0. The molecule has 4 heteroatoms. The van der Waals surface area contributed by atoms with Gasteiger partial charge in [0.2, 0.25) is 11.8 Å². The van der Waals surface area contributed by atoms with Crippen LogP contribution in [-0.4, -0.2) is 11.8 Å². The van der Waals surface area contributed by atoms with E-state index in [1.54, 1.807) is 0 Å². The van der Waals surface area contributed by atoms with Crippen LogP contribution in [0.4, 0.5) is 0 Å². The predicted octanol–water partition coefficient (Wildman–Crippen LogP) is -0.712. The molecule has 0 aliphatic carbocycles. The Morgan fingerprint density at radius 3 is 2.50 bits per heavy atom. The first kappa shape index (κ1) is 8.42. The first-order chi connectivity index (χ1) is 4.66. The molecular formula is C6H8N2O2. The van der Waals surface area contributed by atoms with Gasteiger partial charge in [0.25, 0.3) is 0 Å². The van der Waals surface area contributed by atoms with Gasteiger partial charge in [0.1, 0.15) is 0 Å². The maximum atomic E-state index is 10.4. The van der Waals surface area contributed by atoms with Crippen molar-refractivity contribution < 1.29 is 9.59 Å². The Morgan fingerprint density at radius 2 is 2.10 bits per heavy atom. The standard InChI is InChI=1S/C6H8N2O2/c1-2-6(10)8-4-3-5(7)9/h2-4H,1H2,(H2,7,9)(H,8,10). The topological polar surface area (TPSA) is 72.2 Å². The average molecular weight is 140 g/mol. The lowest BCUT2D eigenvalue weighted by Gasteiger charge is -1.88. The fraction of sp³-hybridized carbons (Fsp3) is 0. The fourth-order valence-corrected chi connectivity index (χ4v) is 0.265. The number of hydrogen-bond acceptors (Lipinski definition) is 2. The van der Waals surface area contributed by atoms with Gasteiger partial charge in [0.15, 0.2) is 0 Å². The van der Waals surface area contributed by atoms with Crippen molar-refractivity contribution in [2.45, 2.75) is 0 Å². The number of carbonyl (C=O) groups excluding carboxylic acids is 2. The number of amides is 2. The van der Waals surface area contributed by atoms with Crippen molar-refractivity contribution in [3.63, 3.8) is 0 Å². The van der Waals surface area contributed by atoms with Gasteiger partial charge in [-0.1, -0.05) is 6.58 Å². The lowest BCUT2D eigenvalue weighted by molar-refractivity contribution is -0.115. The van der Waals surface area contributed by atoms with Crippen LogP contribution in [-0.2, 0) is 9.59 Å². The molecule has 10 heavy (non-hydrogen) atoms. The van der Waals surface area contributed by atoms with Crippen molar-refractivity contribution >= 4 is 11.8 Å². The Bertz CT molecular complexity index is 184. The fourth-order valence-electron chi connectivity index (χ4n) is 0.265. The first-order valence-corrected chi connectivity index (χ1v) is 2.55. The monoisotopic (exact) mass is 140 g/mol. The summed E-state index contributed by atoms with van der Waals surface area (Å²) in [6.45, 7) is 3.20. The third-order valence-corrected chi connectivity index (χ3v) is 0.659. The molecule has 0 aromatic rings. The minimum atomic E-state index is -0.607. The largest absolute Gasteiger partial charge is 0.366 e. The van der Waals surface area contributed by atoms with Gasteiger partial charge in [0.05, 0.1) is 0 Å². The molecule has 3 N–H and O–H groups in total. The molecule has 2 amide bonds. The van der Waals surface area contributed by atoms with Gasteiger partial charge >= 0.3 is 0 Å². The maximum Gasteiger partial charge on any atom is 0.247 e. The Labute approximate surface area is 58.4 Å². The molecule has 0 heterocycles. The Hall–Kier alpha value is -1.58. The van der Waals surface area contributed by atoms with Crippen LogP contribution < -0.4 is 11.1 Å². The van der Waals surface area contributed by atoms with E-state index in [1.807, 2.05) is 0 Å². The number of primary amides is 1. The smallest absolute Gasteiger partial charge is 0.247 e. The van der Waals surface area contributed by atoms with E-state index in [0.29, 0.717) is 0 Å². The molecule has 4 nitrogen and oxygen atoms in total. The van der Waals surface area contributed by atoms with Crippen molar-refractivity contribution in [2.24, 2.45) is 5.73 Å². The highest BCUT2D eigenvalue weighted by Gasteiger charge is 1.86. The number of carbonyl (C=O) groups is 2. The number of nitrogens with two attached hydrogens (primary N) is 1. The van der Waals surface area contributed by atoms with Gasteiger partial charge in [-0.25, -0.2) is 0 Å². The molecule has 0 rings (SSSR count). The van der Waals surface area contributed by atoms with Gasteiger partial charge in [-0.3, -0.25) is 9.59 Å². The molecule has 0 unspecified atom stereocenters. The number of hydrogen-bond donors (Lipinski definition) is 2. The predicted molar refractivity (Wildman–Crippen MR) is 36.7 cm³/mol. The van der Waals surface area contributed by atoms with Crippen LogP contribution in [0.2, 0.25) is 0 Å². The van der Waals surface area contributed by atoms with Crippen molar-refractivity contribution in [1.29, 1.82) is 0 Å². The number of nitrogens with one attached hydrogen (secondary N) is 1. The SMILES string of the molecule is C=CC(=O)NC=CC(N)=O. The van der Waals surface area contributed by atoms with Crippen LogP contribution >= 0.6 is 0 Å². The highest BCUT2D eigenvalue weighted by Crippen LogP contribution is 1.68. The molecule has 0 bridgehead atoms. The van der Waals surface area contributed by atoms with Crippen molar-refractivity contribution in [2.75, 3.05) is 0 Å². The molecule has 0 spiro atoms. The summed E-state index contributed by atoms with van der Waals surface area (Å²) in [6, 6.07) is 0. The van der Waals surface area contributed by atoms with Gasteiger partial charge < -0.3 is 11.1 Å². The summed E-state index contributed by atoms with van der Waals surface area (Å²) < 4.78 is 0. The quantitative estimate of drug-likeness (QED) is 0.508. The molecule has 54 valence electrons. The van der Waals surface area contributed by atoms with Crippen LogP contribution in [0.15, 0.2) is 24.9 Å². The van der Waals surface area contributed by atoms with E-state index in [2.05, 4.69) is 11.9 Å². The van der Waals surface area contributed by atoms with Crippen LogP contribution in [0, 0.1) is 0 Å². The lowest BCUT2D eigenvalue weighted by Crippen LogP contribution is -2.15. The highest BCUT2D eigenvalue weighted by molar-refractivity contribution is 5.90. The van der Waals surface area contributed by atoms with Gasteiger partial charge in [-0.2, -0.15) is 0 Å². The normalized spacial score (nSPS) is 9.20. The molecule has 0 saturated carbocycles. The van der Waals surface area contributed by atoms with Crippen LogP contribution in [0.1, 0.15) is 0 Å². The summed E-state index contributed by atoms with van der Waals surface area (Å²) >= 11 is 0. The van der Waals surface area contributed by atoms with Crippen LogP contribution in [0.25, 0.3) is 0 Å². The zero-order chi connectivity index (χ0) is 7.98. The summed E-state index contributed by atoms with van der Waals surface area (Å²) in [6.07, 6.45) is 3.29. The van der Waals surface area contributed by atoms with E-state index in [-0.39, 0.29) is 5.91 Å². The van der Waals surface area contributed by atoms with E-state index in [0.717, 1.165) is 18.4 Å². The average Bonchev–Trinajstić information content (AvgIpc) is 1.87. The molecule has 0 aliphatic heterocycles. The van der Waals surface area contributed by atoms with Crippen molar-refractivity contribution in [1.82, 2.24) is 5.32 Å².